The second kappa shape index (κ2) is 9.96. The summed E-state index contributed by atoms with van der Waals surface area (Å²) in [4.78, 5) is 7.02. The summed E-state index contributed by atoms with van der Waals surface area (Å²) in [5.41, 5.74) is 1.02. The van der Waals surface area contributed by atoms with Crippen molar-refractivity contribution < 1.29 is 4.74 Å². The van der Waals surface area contributed by atoms with Crippen LogP contribution >= 0.6 is 24.0 Å². The third-order valence-electron chi connectivity index (χ3n) is 5.30. The lowest BCUT2D eigenvalue weighted by Crippen LogP contribution is -2.46. The zero-order chi connectivity index (χ0) is 18.6. The first kappa shape index (κ1) is 22.3. The monoisotopic (exact) mass is 486 g/mol. The maximum Gasteiger partial charge on any atom is 0.191 e. The van der Waals surface area contributed by atoms with Gasteiger partial charge in [0.15, 0.2) is 5.96 Å². The Morgan fingerprint density at radius 2 is 2.00 bits per heavy atom. The number of benzene rings is 1. The van der Waals surface area contributed by atoms with E-state index >= 15 is 0 Å². The van der Waals surface area contributed by atoms with Gasteiger partial charge in [0.1, 0.15) is 11.4 Å². The molecule has 1 aromatic carbocycles. The largest absolute Gasteiger partial charge is 0.487 e. The Morgan fingerprint density at radius 3 is 2.70 bits per heavy atom. The van der Waals surface area contributed by atoms with E-state index in [1.54, 1.807) is 0 Å². The van der Waals surface area contributed by atoms with Crippen LogP contribution in [0, 0.1) is 5.92 Å². The maximum atomic E-state index is 6.13. The molecule has 1 aromatic rings. The molecule has 27 heavy (non-hydrogen) atoms. The number of nitrogens with one attached hydrogen (secondary N) is 2. The van der Waals surface area contributed by atoms with Crippen LogP contribution in [0.1, 0.15) is 51.6 Å². The second-order valence-corrected chi connectivity index (χ2v) is 8.37. The number of para-hydroxylation sites is 1. The van der Waals surface area contributed by atoms with Gasteiger partial charge in [-0.15, -0.1) is 24.0 Å². The zero-order valence-corrected chi connectivity index (χ0v) is 19.5. The number of aliphatic imine (C=N–C) groups is 1. The second-order valence-electron chi connectivity index (χ2n) is 8.37. The Bertz CT molecular complexity index is 628. The minimum Gasteiger partial charge on any atom is -0.487 e. The van der Waals surface area contributed by atoms with Crippen LogP contribution < -0.4 is 15.4 Å². The third kappa shape index (κ3) is 6.24. The molecule has 3 rings (SSSR count). The average molecular weight is 486 g/mol. The van der Waals surface area contributed by atoms with Crippen molar-refractivity contribution in [3.8, 4) is 5.75 Å². The predicted molar refractivity (Wildman–Crippen MR) is 123 cm³/mol. The first-order valence-electron chi connectivity index (χ1n) is 9.94. The number of fused-ring (bicyclic) bond motifs is 1. The van der Waals surface area contributed by atoms with E-state index in [2.05, 4.69) is 59.5 Å². The predicted octanol–water partition coefficient (Wildman–Crippen LogP) is 3.80. The number of rotatable bonds is 5. The van der Waals surface area contributed by atoms with Crippen molar-refractivity contribution in [1.29, 1.82) is 0 Å². The van der Waals surface area contributed by atoms with Gasteiger partial charge in [-0.1, -0.05) is 25.1 Å². The molecule has 0 aliphatic carbocycles. The number of ether oxygens (including phenoxy) is 1. The molecule has 2 unspecified atom stereocenters. The fourth-order valence-corrected chi connectivity index (χ4v) is 4.03. The van der Waals surface area contributed by atoms with Gasteiger partial charge in [0.25, 0.3) is 0 Å². The lowest BCUT2D eigenvalue weighted by Gasteiger charge is -2.38. The van der Waals surface area contributed by atoms with Crippen molar-refractivity contribution in [2.45, 2.75) is 51.7 Å². The van der Waals surface area contributed by atoms with Gasteiger partial charge < -0.3 is 20.3 Å². The van der Waals surface area contributed by atoms with Gasteiger partial charge in [-0.05, 0) is 51.8 Å². The van der Waals surface area contributed by atoms with Crippen LogP contribution in [0.5, 0.6) is 5.75 Å². The van der Waals surface area contributed by atoms with E-state index in [1.807, 2.05) is 13.1 Å². The molecule has 2 N–H and O–H groups in total. The Labute approximate surface area is 181 Å². The van der Waals surface area contributed by atoms with E-state index in [0.29, 0.717) is 5.92 Å². The number of guanidine groups is 1. The van der Waals surface area contributed by atoms with Gasteiger partial charge in [0.2, 0.25) is 0 Å². The highest BCUT2D eigenvalue weighted by atomic mass is 127. The molecule has 2 aliphatic heterocycles. The van der Waals surface area contributed by atoms with E-state index in [1.165, 1.54) is 31.5 Å². The van der Waals surface area contributed by atoms with Crippen LogP contribution in [0.3, 0.4) is 0 Å². The molecule has 2 aliphatic rings. The van der Waals surface area contributed by atoms with Crippen molar-refractivity contribution in [2.24, 2.45) is 10.9 Å². The Morgan fingerprint density at radius 1 is 1.30 bits per heavy atom. The molecule has 5 nitrogen and oxygen atoms in total. The minimum absolute atomic E-state index is 0. The Balaban J connectivity index is 0.00000261. The van der Waals surface area contributed by atoms with Crippen molar-refractivity contribution in [1.82, 2.24) is 15.5 Å². The van der Waals surface area contributed by atoms with Crippen molar-refractivity contribution >= 4 is 29.9 Å². The molecule has 2 atom stereocenters. The normalized spacial score (nSPS) is 23.0. The van der Waals surface area contributed by atoms with Crippen molar-refractivity contribution in [2.75, 3.05) is 33.2 Å². The first-order chi connectivity index (χ1) is 12.5. The molecule has 0 saturated carbocycles. The summed E-state index contributed by atoms with van der Waals surface area (Å²) < 4.78 is 6.13. The smallest absolute Gasteiger partial charge is 0.191 e. The fourth-order valence-electron chi connectivity index (χ4n) is 4.03. The van der Waals surface area contributed by atoms with Crippen LogP contribution in [0.4, 0.5) is 0 Å². The molecule has 0 aromatic heterocycles. The molecule has 0 radical (unpaired) electrons. The Kier molecular flexibility index (Phi) is 8.21. The van der Waals surface area contributed by atoms with E-state index in [-0.39, 0.29) is 35.6 Å². The summed E-state index contributed by atoms with van der Waals surface area (Å²) in [6.07, 6.45) is 3.61. The standard InChI is InChI=1S/C21H34N4O.HI/c1-16(15-25-11-7-8-12-25)14-23-20(22-4)24-18-13-21(2,3)26-19-10-6-5-9-17(18)19;/h5-6,9-10,16,18H,7-8,11-15H2,1-4H3,(H2,22,23,24);1H. The number of halogens is 1. The molecule has 0 amide bonds. The molecule has 1 saturated heterocycles. The summed E-state index contributed by atoms with van der Waals surface area (Å²) in [5.74, 6) is 2.44. The topological polar surface area (TPSA) is 48.9 Å². The highest BCUT2D eigenvalue weighted by molar-refractivity contribution is 14.0. The molecule has 152 valence electrons. The van der Waals surface area contributed by atoms with Crippen LogP contribution in [0.25, 0.3) is 0 Å². The lowest BCUT2D eigenvalue weighted by atomic mass is 9.90. The van der Waals surface area contributed by atoms with Gasteiger partial charge in [0.05, 0.1) is 6.04 Å². The van der Waals surface area contributed by atoms with E-state index < -0.39 is 0 Å². The zero-order valence-electron chi connectivity index (χ0n) is 17.1. The molecule has 0 spiro atoms. The molecule has 6 heteroatoms. The van der Waals surface area contributed by atoms with E-state index in [4.69, 9.17) is 4.74 Å². The highest BCUT2D eigenvalue weighted by Crippen LogP contribution is 2.39. The molecular weight excluding hydrogens is 451 g/mol. The average Bonchev–Trinajstić information content (AvgIpc) is 3.10. The molecule has 0 bridgehead atoms. The van der Waals surface area contributed by atoms with Crippen LogP contribution in [0.15, 0.2) is 29.3 Å². The quantitative estimate of drug-likeness (QED) is 0.378. The fraction of sp³-hybridized carbons (Fsp3) is 0.667. The van der Waals surface area contributed by atoms with E-state index in [0.717, 1.165) is 31.2 Å². The van der Waals surface area contributed by atoms with Crippen LogP contribution in [0.2, 0.25) is 0 Å². The van der Waals surface area contributed by atoms with Gasteiger partial charge in [-0.2, -0.15) is 0 Å². The summed E-state index contributed by atoms with van der Waals surface area (Å²) >= 11 is 0. The number of hydrogen-bond donors (Lipinski definition) is 2. The van der Waals surface area contributed by atoms with Gasteiger partial charge in [0, 0.05) is 32.1 Å². The van der Waals surface area contributed by atoms with Crippen LogP contribution in [-0.4, -0.2) is 49.7 Å². The van der Waals surface area contributed by atoms with Crippen molar-refractivity contribution in [3.63, 3.8) is 0 Å². The number of hydrogen-bond acceptors (Lipinski definition) is 3. The van der Waals surface area contributed by atoms with Crippen LogP contribution in [-0.2, 0) is 0 Å². The van der Waals surface area contributed by atoms with Gasteiger partial charge in [-0.3, -0.25) is 4.99 Å². The van der Waals surface area contributed by atoms with Gasteiger partial charge >= 0.3 is 0 Å². The summed E-state index contributed by atoms with van der Waals surface area (Å²) in [5, 5.41) is 7.13. The molecular formula is C21H35IN4O. The van der Waals surface area contributed by atoms with E-state index in [9.17, 15) is 0 Å². The minimum atomic E-state index is -0.187. The number of likely N-dealkylation sites (tertiary alicyclic amines) is 1. The molecule has 2 heterocycles. The summed E-state index contributed by atoms with van der Waals surface area (Å²) in [6, 6.07) is 8.51. The SMILES string of the molecule is CN=C(NCC(C)CN1CCCC1)NC1CC(C)(C)Oc2ccccc21.I. The third-order valence-corrected chi connectivity index (χ3v) is 5.30. The maximum absolute atomic E-state index is 6.13. The highest BCUT2D eigenvalue weighted by Gasteiger charge is 2.34. The lowest BCUT2D eigenvalue weighted by molar-refractivity contribution is 0.0694. The summed E-state index contributed by atoms with van der Waals surface area (Å²) in [6.45, 7) is 11.2. The van der Waals surface area contributed by atoms with Crippen molar-refractivity contribution in [3.05, 3.63) is 29.8 Å². The first-order valence-corrected chi connectivity index (χ1v) is 9.94. The summed E-state index contributed by atoms with van der Waals surface area (Å²) in [7, 11) is 1.84. The molecule has 1 fully saturated rings. The number of nitrogens with zero attached hydrogens (tertiary/aromatic N) is 2. The Hall–Kier alpha value is -1.02. The van der Waals surface area contributed by atoms with Gasteiger partial charge in [-0.25, -0.2) is 0 Å².